The first-order valence-corrected chi connectivity index (χ1v) is 11.3. The summed E-state index contributed by atoms with van der Waals surface area (Å²) in [7, 11) is 3.43. The van der Waals surface area contributed by atoms with Crippen molar-refractivity contribution in [3.8, 4) is 28.4 Å². The fourth-order valence-corrected chi connectivity index (χ4v) is 5.19. The van der Waals surface area contributed by atoms with E-state index < -0.39 is 17.4 Å². The van der Waals surface area contributed by atoms with Crippen molar-refractivity contribution in [1.82, 2.24) is 30.0 Å². The molecule has 0 amide bonds. The lowest BCUT2D eigenvalue weighted by Gasteiger charge is -2.60. The van der Waals surface area contributed by atoms with Crippen LogP contribution in [0.25, 0.3) is 22.6 Å². The second kappa shape index (κ2) is 7.83. The average Bonchev–Trinajstić information content (AvgIpc) is 2.82. The lowest BCUT2D eigenvalue weighted by molar-refractivity contribution is -0.0411. The van der Waals surface area contributed by atoms with Gasteiger partial charge in [0.2, 0.25) is 0 Å². The van der Waals surface area contributed by atoms with Crippen LogP contribution in [0.4, 0.5) is 10.2 Å². The number of phenols is 1. The van der Waals surface area contributed by atoms with Gasteiger partial charge in [-0.25, -0.2) is 14.2 Å². The average molecular weight is 466 g/mol. The minimum absolute atomic E-state index is 0.0305. The van der Waals surface area contributed by atoms with Gasteiger partial charge in [0.15, 0.2) is 11.6 Å². The maximum Gasteiger partial charge on any atom is 0.350 e. The fraction of sp³-hybridized carbons (Fsp3) is 0.458. The molecule has 1 aromatic carbocycles. The number of aryl methyl sites for hydroxylation is 1. The molecule has 3 aromatic rings. The summed E-state index contributed by atoms with van der Waals surface area (Å²) in [4.78, 5) is 21.7. The van der Waals surface area contributed by atoms with Gasteiger partial charge in [0.05, 0.1) is 11.7 Å². The summed E-state index contributed by atoms with van der Waals surface area (Å²) in [6.07, 6.45) is 2.12. The largest absolute Gasteiger partial charge is 0.507 e. The molecule has 2 aliphatic heterocycles. The zero-order valence-corrected chi connectivity index (χ0v) is 19.7. The highest BCUT2D eigenvalue weighted by Gasteiger charge is 2.58. The van der Waals surface area contributed by atoms with Crippen LogP contribution < -0.4 is 15.9 Å². The highest BCUT2D eigenvalue weighted by molar-refractivity contribution is 5.72. The minimum atomic E-state index is -1.03. The van der Waals surface area contributed by atoms with E-state index >= 15 is 4.39 Å². The van der Waals surface area contributed by atoms with Gasteiger partial charge in [-0.3, -0.25) is 4.57 Å². The number of fused-ring (bicyclic) bond motifs is 3. The predicted molar refractivity (Wildman–Crippen MR) is 126 cm³/mol. The van der Waals surface area contributed by atoms with E-state index in [0.717, 1.165) is 19.4 Å². The summed E-state index contributed by atoms with van der Waals surface area (Å²) >= 11 is 0. The monoisotopic (exact) mass is 465 g/mol. The summed E-state index contributed by atoms with van der Waals surface area (Å²) in [6.45, 7) is 4.85. The SMILES string of the molecule is CN(c1ccc(-c2ccc(-c3ncn(C)c(=O)n3)cc2O)nn1)[C@H]1[C@H](F)[C@@]2(C)CC[C@]1(C)CN2. The van der Waals surface area contributed by atoms with Crippen molar-refractivity contribution in [2.45, 2.75) is 44.4 Å². The third kappa shape index (κ3) is 3.53. The van der Waals surface area contributed by atoms with E-state index in [4.69, 9.17) is 0 Å². The number of aromatic nitrogens is 5. The Morgan fingerprint density at radius 2 is 2.00 bits per heavy atom. The first-order chi connectivity index (χ1) is 16.1. The topological polar surface area (TPSA) is 109 Å². The van der Waals surface area contributed by atoms with Crippen molar-refractivity contribution in [2.24, 2.45) is 12.5 Å². The van der Waals surface area contributed by atoms with Crippen LogP contribution in [0.3, 0.4) is 0 Å². The zero-order chi connectivity index (χ0) is 24.3. The van der Waals surface area contributed by atoms with Crippen LogP contribution in [0.5, 0.6) is 5.75 Å². The number of halogens is 1. The number of nitrogens with one attached hydrogen (secondary N) is 1. The number of nitrogens with zero attached hydrogens (tertiary/aromatic N) is 6. The van der Waals surface area contributed by atoms with Crippen molar-refractivity contribution in [1.29, 1.82) is 0 Å². The van der Waals surface area contributed by atoms with Gasteiger partial charge in [0, 0.05) is 42.7 Å². The molecule has 2 aromatic heterocycles. The molecule has 3 fully saturated rings. The van der Waals surface area contributed by atoms with Gasteiger partial charge in [0.25, 0.3) is 0 Å². The van der Waals surface area contributed by atoms with Crippen LogP contribution in [-0.2, 0) is 7.05 Å². The summed E-state index contributed by atoms with van der Waals surface area (Å²) in [5.41, 5.74) is 0.330. The molecule has 0 unspecified atom stereocenters. The number of hydrogen-bond acceptors (Lipinski definition) is 8. The molecule has 178 valence electrons. The highest BCUT2D eigenvalue weighted by atomic mass is 19.1. The third-order valence-corrected chi connectivity index (χ3v) is 7.53. The van der Waals surface area contributed by atoms with E-state index in [0.29, 0.717) is 22.6 Å². The number of piperidine rings is 2. The molecule has 0 radical (unpaired) electrons. The number of benzene rings is 1. The Labute approximate surface area is 196 Å². The van der Waals surface area contributed by atoms with Crippen molar-refractivity contribution < 1.29 is 9.50 Å². The first-order valence-electron chi connectivity index (χ1n) is 11.3. The van der Waals surface area contributed by atoms with E-state index in [9.17, 15) is 9.90 Å². The predicted octanol–water partition coefficient (Wildman–Crippen LogP) is 2.31. The summed E-state index contributed by atoms with van der Waals surface area (Å²) in [5.74, 6) is 0.780. The lowest BCUT2D eigenvalue weighted by Crippen LogP contribution is -2.74. The summed E-state index contributed by atoms with van der Waals surface area (Å²) < 4.78 is 16.8. The van der Waals surface area contributed by atoms with Crippen molar-refractivity contribution in [3.63, 3.8) is 0 Å². The molecule has 2 saturated heterocycles. The number of aromatic hydroxyl groups is 1. The number of hydrogen-bond donors (Lipinski definition) is 2. The van der Waals surface area contributed by atoms with Crippen LogP contribution >= 0.6 is 0 Å². The van der Waals surface area contributed by atoms with E-state index in [1.807, 2.05) is 18.9 Å². The molecule has 0 spiro atoms. The van der Waals surface area contributed by atoms with Gasteiger partial charge in [-0.1, -0.05) is 13.0 Å². The molecule has 6 rings (SSSR count). The molecule has 2 bridgehead atoms. The van der Waals surface area contributed by atoms with E-state index in [1.54, 1.807) is 31.3 Å². The molecular formula is C24H28FN7O2. The molecule has 4 atom stereocenters. The van der Waals surface area contributed by atoms with Gasteiger partial charge in [-0.15, -0.1) is 10.2 Å². The molecule has 4 heterocycles. The van der Waals surface area contributed by atoms with Crippen LogP contribution in [0.1, 0.15) is 26.7 Å². The van der Waals surface area contributed by atoms with Crippen LogP contribution in [-0.4, -0.2) is 61.2 Å². The smallest absolute Gasteiger partial charge is 0.350 e. The minimum Gasteiger partial charge on any atom is -0.507 e. The molecule has 9 nitrogen and oxygen atoms in total. The Morgan fingerprint density at radius 3 is 2.62 bits per heavy atom. The Hall–Kier alpha value is -3.40. The Balaban J connectivity index is 1.40. The van der Waals surface area contributed by atoms with Gasteiger partial charge in [-0.2, -0.15) is 4.98 Å². The van der Waals surface area contributed by atoms with Gasteiger partial charge >= 0.3 is 5.69 Å². The molecular weight excluding hydrogens is 437 g/mol. The van der Waals surface area contributed by atoms with Gasteiger partial charge in [0.1, 0.15) is 18.2 Å². The van der Waals surface area contributed by atoms with Crippen molar-refractivity contribution >= 4 is 5.82 Å². The van der Waals surface area contributed by atoms with Crippen LogP contribution in [0.2, 0.25) is 0 Å². The van der Waals surface area contributed by atoms with Crippen molar-refractivity contribution in [3.05, 3.63) is 47.1 Å². The summed E-state index contributed by atoms with van der Waals surface area (Å²) in [6, 6.07) is 8.15. The first kappa shape index (κ1) is 22.4. The standard InChI is InChI=1S/C24H28FN7O2/c1-23-9-10-24(2,27-12-23)19(25)20(23)32(4)18-8-7-16(29-30-18)15-6-5-14(11-17(15)33)21-26-13-31(3)22(34)28-21/h5-8,11,13,19-20,27,33H,9-10,12H2,1-4H3/t19-,20-,23+,24+/m0/s1. The number of rotatable bonds is 4. The number of phenolic OH excluding ortho intramolecular Hbond substituents is 1. The zero-order valence-electron chi connectivity index (χ0n) is 19.7. The Kier molecular flexibility index (Phi) is 5.16. The molecule has 3 aliphatic rings. The number of alkyl halides is 1. The summed E-state index contributed by atoms with van der Waals surface area (Å²) in [5, 5.41) is 22.7. The maximum atomic E-state index is 15.5. The van der Waals surface area contributed by atoms with Crippen LogP contribution in [0.15, 0.2) is 41.5 Å². The molecule has 34 heavy (non-hydrogen) atoms. The number of anilines is 1. The fourth-order valence-electron chi connectivity index (χ4n) is 5.19. The molecule has 10 heteroatoms. The second-order valence-electron chi connectivity index (χ2n) is 9.96. The molecule has 1 aliphatic carbocycles. The van der Waals surface area contributed by atoms with Gasteiger partial charge < -0.3 is 15.3 Å². The molecule has 1 saturated carbocycles. The van der Waals surface area contributed by atoms with E-state index in [-0.39, 0.29) is 23.0 Å². The Bertz CT molecular complexity index is 1290. The molecule has 2 N–H and O–H groups in total. The van der Waals surface area contributed by atoms with Gasteiger partial charge in [-0.05, 0) is 44.0 Å². The van der Waals surface area contributed by atoms with E-state index in [1.165, 1.54) is 17.0 Å². The Morgan fingerprint density at radius 1 is 1.21 bits per heavy atom. The highest BCUT2D eigenvalue weighted by Crippen LogP contribution is 2.49. The van der Waals surface area contributed by atoms with Crippen LogP contribution in [0, 0.1) is 5.41 Å². The second-order valence-corrected chi connectivity index (χ2v) is 9.96. The van der Waals surface area contributed by atoms with E-state index in [2.05, 4.69) is 32.4 Å². The lowest BCUT2D eigenvalue weighted by atomic mass is 9.60. The quantitative estimate of drug-likeness (QED) is 0.604. The normalized spacial score (nSPS) is 28.1. The third-order valence-electron chi connectivity index (χ3n) is 7.53. The maximum absolute atomic E-state index is 15.5. The van der Waals surface area contributed by atoms with Crippen molar-refractivity contribution in [2.75, 3.05) is 18.5 Å².